The minimum atomic E-state index is 0.577. The number of ether oxygens (including phenoxy) is 2. The molecule has 0 spiro atoms. The van der Waals surface area contributed by atoms with Gasteiger partial charge in [-0.05, 0) is 25.9 Å². The molecule has 1 aliphatic heterocycles. The Morgan fingerprint density at radius 3 is 2.44 bits per heavy atom. The molecular weight excluding hydrogens is 320 g/mol. The number of nitrogens with two attached hydrogens (primary N) is 1. The number of rotatable bonds is 11. The first-order valence-corrected chi connectivity index (χ1v) is 9.05. The van der Waals surface area contributed by atoms with E-state index in [2.05, 4.69) is 25.1 Å². The molecule has 1 aromatic heterocycles. The molecule has 0 aliphatic carbocycles. The van der Waals surface area contributed by atoms with E-state index in [1.54, 1.807) is 20.5 Å². The molecule has 1 fully saturated rings. The molecule has 0 unspecified atom stereocenters. The van der Waals surface area contributed by atoms with Crippen LogP contribution in [-0.2, 0) is 9.47 Å². The summed E-state index contributed by atoms with van der Waals surface area (Å²) in [7, 11) is 3.37. The second-order valence-corrected chi connectivity index (χ2v) is 6.26. The Hall–Kier alpha value is -1.64. The number of hydrogen-bond acceptors (Lipinski definition) is 8. The standard InChI is InChI=1S/C17H32N6O2/c1-24-12-10-23(11-13-25-2)17-15(18)16(20-14-21-17)19-6-9-22-7-4-3-5-8-22/h14H,3-13,18H2,1-2H3,(H,19,20,21). The second kappa shape index (κ2) is 11.1. The van der Waals surface area contributed by atoms with Gasteiger partial charge in [-0.25, -0.2) is 9.97 Å². The van der Waals surface area contributed by atoms with Crippen molar-refractivity contribution >= 4 is 17.3 Å². The molecular formula is C17H32N6O2. The first-order chi connectivity index (χ1) is 12.3. The number of nitrogens with one attached hydrogen (secondary N) is 1. The van der Waals surface area contributed by atoms with Crippen LogP contribution in [0.4, 0.5) is 17.3 Å². The van der Waals surface area contributed by atoms with Gasteiger partial charge in [0.25, 0.3) is 0 Å². The maximum Gasteiger partial charge on any atom is 0.157 e. The molecule has 8 nitrogen and oxygen atoms in total. The number of likely N-dealkylation sites (tertiary alicyclic amines) is 1. The molecule has 0 amide bonds. The van der Waals surface area contributed by atoms with Crippen LogP contribution in [-0.4, -0.2) is 81.6 Å². The summed E-state index contributed by atoms with van der Waals surface area (Å²) < 4.78 is 10.4. The summed E-state index contributed by atoms with van der Waals surface area (Å²) in [5.41, 5.74) is 6.90. The van der Waals surface area contributed by atoms with Crippen LogP contribution in [0.3, 0.4) is 0 Å². The van der Waals surface area contributed by atoms with E-state index in [4.69, 9.17) is 15.2 Å². The van der Waals surface area contributed by atoms with Crippen molar-refractivity contribution in [3.05, 3.63) is 6.33 Å². The van der Waals surface area contributed by atoms with Crippen molar-refractivity contribution in [2.24, 2.45) is 0 Å². The molecule has 1 aliphatic rings. The summed E-state index contributed by atoms with van der Waals surface area (Å²) in [6, 6.07) is 0. The van der Waals surface area contributed by atoms with E-state index >= 15 is 0 Å². The number of piperidine rings is 1. The Morgan fingerprint density at radius 1 is 1.12 bits per heavy atom. The highest BCUT2D eigenvalue weighted by molar-refractivity contribution is 5.74. The molecule has 0 bridgehead atoms. The minimum absolute atomic E-state index is 0.577. The fourth-order valence-corrected chi connectivity index (χ4v) is 3.02. The van der Waals surface area contributed by atoms with Crippen molar-refractivity contribution in [1.82, 2.24) is 14.9 Å². The van der Waals surface area contributed by atoms with Crippen LogP contribution >= 0.6 is 0 Å². The molecule has 3 N–H and O–H groups in total. The lowest BCUT2D eigenvalue weighted by Crippen LogP contribution is -2.34. The topological polar surface area (TPSA) is 88.8 Å². The van der Waals surface area contributed by atoms with Gasteiger partial charge >= 0.3 is 0 Å². The summed E-state index contributed by atoms with van der Waals surface area (Å²) >= 11 is 0. The van der Waals surface area contributed by atoms with Gasteiger partial charge in [-0.3, -0.25) is 0 Å². The first-order valence-electron chi connectivity index (χ1n) is 9.05. The quantitative estimate of drug-likeness (QED) is 0.611. The zero-order valence-corrected chi connectivity index (χ0v) is 15.5. The highest BCUT2D eigenvalue weighted by Crippen LogP contribution is 2.25. The Balaban J connectivity index is 1.95. The van der Waals surface area contributed by atoms with E-state index in [1.165, 1.54) is 32.4 Å². The Labute approximate surface area is 150 Å². The molecule has 25 heavy (non-hydrogen) atoms. The van der Waals surface area contributed by atoms with Gasteiger partial charge in [-0.15, -0.1) is 0 Å². The molecule has 1 aromatic rings. The van der Waals surface area contributed by atoms with Crippen molar-refractivity contribution in [2.45, 2.75) is 19.3 Å². The van der Waals surface area contributed by atoms with Gasteiger partial charge in [0, 0.05) is 40.4 Å². The van der Waals surface area contributed by atoms with Crippen LogP contribution in [0.2, 0.25) is 0 Å². The average molecular weight is 352 g/mol. The van der Waals surface area contributed by atoms with E-state index in [-0.39, 0.29) is 0 Å². The number of aromatic nitrogens is 2. The predicted octanol–water partition coefficient (Wildman–Crippen LogP) is 1.06. The highest BCUT2D eigenvalue weighted by atomic mass is 16.5. The lowest BCUT2D eigenvalue weighted by molar-refractivity contribution is 0.190. The molecule has 8 heteroatoms. The fourth-order valence-electron chi connectivity index (χ4n) is 3.02. The first kappa shape index (κ1) is 19.7. The molecule has 0 radical (unpaired) electrons. The van der Waals surface area contributed by atoms with Crippen molar-refractivity contribution in [1.29, 1.82) is 0 Å². The lowest BCUT2D eigenvalue weighted by atomic mass is 10.1. The third-order valence-electron chi connectivity index (χ3n) is 4.46. The summed E-state index contributed by atoms with van der Waals surface area (Å²) in [6.45, 7) is 6.83. The van der Waals surface area contributed by atoms with Crippen LogP contribution in [0.5, 0.6) is 0 Å². The maximum absolute atomic E-state index is 6.32. The summed E-state index contributed by atoms with van der Waals surface area (Å²) in [4.78, 5) is 13.2. The van der Waals surface area contributed by atoms with Gasteiger partial charge in [0.15, 0.2) is 11.6 Å². The third-order valence-corrected chi connectivity index (χ3v) is 4.46. The van der Waals surface area contributed by atoms with E-state index in [1.807, 2.05) is 0 Å². The van der Waals surface area contributed by atoms with Crippen LogP contribution < -0.4 is 16.0 Å². The fraction of sp³-hybridized carbons (Fsp3) is 0.765. The smallest absolute Gasteiger partial charge is 0.157 e. The van der Waals surface area contributed by atoms with Crippen molar-refractivity contribution in [2.75, 3.05) is 82.7 Å². The monoisotopic (exact) mass is 352 g/mol. The molecule has 0 saturated carbocycles. The number of methoxy groups -OCH3 is 2. The van der Waals surface area contributed by atoms with Crippen molar-refractivity contribution in [3.63, 3.8) is 0 Å². The van der Waals surface area contributed by atoms with Gasteiger partial charge in [0.2, 0.25) is 0 Å². The molecule has 1 saturated heterocycles. The minimum Gasteiger partial charge on any atom is -0.393 e. The van der Waals surface area contributed by atoms with Crippen molar-refractivity contribution in [3.8, 4) is 0 Å². The van der Waals surface area contributed by atoms with Gasteiger partial charge < -0.3 is 30.3 Å². The summed E-state index contributed by atoms with van der Waals surface area (Å²) in [6.07, 6.45) is 5.51. The van der Waals surface area contributed by atoms with Crippen LogP contribution in [0.25, 0.3) is 0 Å². The number of anilines is 3. The van der Waals surface area contributed by atoms with Crippen LogP contribution in [0, 0.1) is 0 Å². The van der Waals surface area contributed by atoms with Gasteiger partial charge in [-0.1, -0.05) is 6.42 Å². The zero-order valence-electron chi connectivity index (χ0n) is 15.5. The lowest BCUT2D eigenvalue weighted by Gasteiger charge is -2.27. The van der Waals surface area contributed by atoms with Gasteiger partial charge in [-0.2, -0.15) is 0 Å². The van der Waals surface area contributed by atoms with Crippen LogP contribution in [0.15, 0.2) is 6.33 Å². The molecule has 142 valence electrons. The number of hydrogen-bond donors (Lipinski definition) is 2. The summed E-state index contributed by atoms with van der Waals surface area (Å²) in [5, 5.41) is 3.36. The van der Waals surface area contributed by atoms with Gasteiger partial charge in [0.1, 0.15) is 12.0 Å². The maximum atomic E-state index is 6.32. The third kappa shape index (κ3) is 6.30. The highest BCUT2D eigenvalue weighted by Gasteiger charge is 2.15. The Kier molecular flexibility index (Phi) is 8.71. The second-order valence-electron chi connectivity index (χ2n) is 6.26. The molecule has 2 rings (SSSR count). The average Bonchev–Trinajstić information content (AvgIpc) is 2.65. The molecule has 2 heterocycles. The van der Waals surface area contributed by atoms with Gasteiger partial charge in [0.05, 0.1) is 13.2 Å². The van der Waals surface area contributed by atoms with E-state index in [0.29, 0.717) is 37.8 Å². The van der Waals surface area contributed by atoms with Crippen LogP contribution in [0.1, 0.15) is 19.3 Å². The summed E-state index contributed by atoms with van der Waals surface area (Å²) in [5.74, 6) is 1.42. The van der Waals surface area contributed by atoms with E-state index in [9.17, 15) is 0 Å². The normalized spacial score (nSPS) is 15.3. The largest absolute Gasteiger partial charge is 0.393 e. The number of nitrogen functional groups attached to an aromatic ring is 1. The number of nitrogens with zero attached hydrogens (tertiary/aromatic N) is 4. The molecule has 0 atom stereocenters. The SMILES string of the molecule is COCCN(CCOC)c1ncnc(NCCN2CCCCC2)c1N. The zero-order chi connectivity index (χ0) is 17.9. The Morgan fingerprint density at radius 2 is 1.80 bits per heavy atom. The predicted molar refractivity (Wildman–Crippen MR) is 101 cm³/mol. The molecule has 0 aromatic carbocycles. The van der Waals surface area contributed by atoms with E-state index in [0.717, 1.165) is 18.9 Å². The Bertz CT molecular complexity index is 488. The van der Waals surface area contributed by atoms with E-state index < -0.39 is 0 Å². The van der Waals surface area contributed by atoms with Crippen molar-refractivity contribution < 1.29 is 9.47 Å².